The van der Waals surface area contributed by atoms with Crippen molar-refractivity contribution in [3.05, 3.63) is 30.3 Å². The monoisotopic (exact) mass is 237 g/mol. The van der Waals surface area contributed by atoms with E-state index in [1.165, 1.54) is 0 Å². The van der Waals surface area contributed by atoms with Gasteiger partial charge in [-0.25, -0.2) is 9.59 Å². The van der Waals surface area contributed by atoms with Crippen LogP contribution in [0.4, 0.5) is 4.79 Å². The Morgan fingerprint density at radius 3 is 2.29 bits per heavy atom. The van der Waals surface area contributed by atoms with E-state index < -0.39 is 18.1 Å². The van der Waals surface area contributed by atoms with E-state index in [2.05, 4.69) is 5.32 Å². The molecule has 1 atom stereocenters. The van der Waals surface area contributed by atoms with Crippen molar-refractivity contribution in [3.8, 4) is 5.75 Å². The van der Waals surface area contributed by atoms with Crippen molar-refractivity contribution >= 4 is 12.1 Å². The van der Waals surface area contributed by atoms with E-state index in [1.54, 1.807) is 44.2 Å². The highest BCUT2D eigenvalue weighted by atomic mass is 16.6. The molecular formula is C12H15NO4. The Bertz CT molecular complexity index is 389. The molecular weight excluding hydrogens is 222 g/mol. The number of ether oxygens (including phenoxy) is 1. The van der Waals surface area contributed by atoms with Crippen molar-refractivity contribution in [2.75, 3.05) is 0 Å². The van der Waals surface area contributed by atoms with E-state index in [4.69, 9.17) is 9.84 Å². The minimum atomic E-state index is -1.08. The first-order valence-corrected chi connectivity index (χ1v) is 5.27. The summed E-state index contributed by atoms with van der Waals surface area (Å²) in [5.41, 5.74) is 0. The summed E-state index contributed by atoms with van der Waals surface area (Å²) in [7, 11) is 0. The molecule has 1 amide bonds. The minimum absolute atomic E-state index is 0.212. The Morgan fingerprint density at radius 1 is 1.24 bits per heavy atom. The maximum absolute atomic E-state index is 11.4. The zero-order valence-electron chi connectivity index (χ0n) is 9.71. The number of benzene rings is 1. The van der Waals surface area contributed by atoms with Crippen LogP contribution in [0.5, 0.6) is 5.75 Å². The number of hydrogen-bond donors (Lipinski definition) is 2. The van der Waals surface area contributed by atoms with Gasteiger partial charge in [-0.2, -0.15) is 0 Å². The second kappa shape index (κ2) is 5.89. The number of rotatable bonds is 4. The van der Waals surface area contributed by atoms with E-state index in [1.807, 2.05) is 0 Å². The summed E-state index contributed by atoms with van der Waals surface area (Å²) < 4.78 is 4.93. The molecule has 2 N–H and O–H groups in total. The number of nitrogens with one attached hydrogen (secondary N) is 1. The van der Waals surface area contributed by atoms with Gasteiger partial charge >= 0.3 is 12.1 Å². The number of carbonyl (C=O) groups excluding carboxylic acids is 1. The fourth-order valence-electron chi connectivity index (χ4n) is 1.27. The summed E-state index contributed by atoms with van der Waals surface area (Å²) in [5.74, 6) is -0.918. The molecule has 0 saturated carbocycles. The van der Waals surface area contributed by atoms with Gasteiger partial charge in [0.25, 0.3) is 0 Å². The summed E-state index contributed by atoms with van der Waals surface area (Å²) in [5, 5.41) is 11.2. The van der Waals surface area contributed by atoms with E-state index in [-0.39, 0.29) is 5.92 Å². The highest BCUT2D eigenvalue weighted by Gasteiger charge is 2.24. The zero-order valence-corrected chi connectivity index (χ0v) is 9.71. The van der Waals surface area contributed by atoms with Crippen LogP contribution in [0, 0.1) is 5.92 Å². The lowest BCUT2D eigenvalue weighted by Crippen LogP contribution is -2.45. The van der Waals surface area contributed by atoms with Crippen molar-refractivity contribution < 1.29 is 19.4 Å². The fourth-order valence-corrected chi connectivity index (χ4v) is 1.27. The van der Waals surface area contributed by atoms with Gasteiger partial charge in [0, 0.05) is 0 Å². The first kappa shape index (κ1) is 13.0. The van der Waals surface area contributed by atoms with Gasteiger partial charge in [-0.15, -0.1) is 0 Å². The van der Waals surface area contributed by atoms with E-state index in [0.717, 1.165) is 0 Å². The zero-order chi connectivity index (χ0) is 12.8. The molecule has 0 unspecified atom stereocenters. The van der Waals surface area contributed by atoms with Gasteiger partial charge in [0.15, 0.2) is 0 Å². The molecule has 0 saturated heterocycles. The molecule has 17 heavy (non-hydrogen) atoms. The standard InChI is InChI=1S/C12H15NO4/c1-8(2)10(11(14)15)13-12(16)17-9-6-4-3-5-7-9/h3-8,10H,1-2H3,(H,13,16)(H,14,15)/t10-/m1/s1. The van der Waals surface area contributed by atoms with Crippen LogP contribution in [0.15, 0.2) is 30.3 Å². The molecule has 0 aliphatic rings. The molecule has 0 radical (unpaired) electrons. The topological polar surface area (TPSA) is 75.6 Å². The van der Waals surface area contributed by atoms with Gasteiger partial charge in [0.05, 0.1) is 0 Å². The molecule has 0 spiro atoms. The van der Waals surface area contributed by atoms with Crippen LogP contribution in [0.3, 0.4) is 0 Å². The lowest BCUT2D eigenvalue weighted by Gasteiger charge is -2.17. The van der Waals surface area contributed by atoms with Crippen LogP contribution in [0.25, 0.3) is 0 Å². The van der Waals surface area contributed by atoms with Crippen LogP contribution >= 0.6 is 0 Å². The molecule has 0 fully saturated rings. The first-order chi connectivity index (χ1) is 8.00. The molecule has 1 aromatic rings. The number of para-hydroxylation sites is 1. The number of amides is 1. The number of hydrogen-bond acceptors (Lipinski definition) is 3. The molecule has 5 heteroatoms. The molecule has 1 aromatic carbocycles. The third-order valence-electron chi connectivity index (χ3n) is 2.16. The second-order valence-corrected chi connectivity index (χ2v) is 3.91. The van der Waals surface area contributed by atoms with E-state index in [9.17, 15) is 9.59 Å². The number of carbonyl (C=O) groups is 2. The summed E-state index contributed by atoms with van der Waals surface area (Å²) in [6.45, 7) is 3.42. The van der Waals surface area contributed by atoms with Crippen molar-refractivity contribution in [1.29, 1.82) is 0 Å². The average Bonchev–Trinajstić information content (AvgIpc) is 2.26. The van der Waals surface area contributed by atoms with Gasteiger partial charge < -0.3 is 15.2 Å². The lowest BCUT2D eigenvalue weighted by atomic mass is 10.1. The summed E-state index contributed by atoms with van der Waals surface area (Å²) in [6.07, 6.45) is -0.766. The molecule has 0 bridgehead atoms. The normalized spacial score (nSPS) is 11.9. The Kier molecular flexibility index (Phi) is 4.51. The molecule has 0 aromatic heterocycles. The summed E-state index contributed by atoms with van der Waals surface area (Å²) in [4.78, 5) is 22.3. The Hall–Kier alpha value is -2.04. The van der Waals surface area contributed by atoms with Crippen molar-refractivity contribution in [2.45, 2.75) is 19.9 Å². The summed E-state index contributed by atoms with van der Waals surface area (Å²) >= 11 is 0. The highest BCUT2D eigenvalue weighted by molar-refractivity contribution is 5.81. The van der Waals surface area contributed by atoms with Crippen LogP contribution in [-0.4, -0.2) is 23.2 Å². The van der Waals surface area contributed by atoms with Crippen molar-refractivity contribution in [1.82, 2.24) is 5.32 Å². The van der Waals surface area contributed by atoms with Gasteiger partial charge in [-0.1, -0.05) is 32.0 Å². The van der Waals surface area contributed by atoms with Crippen molar-refractivity contribution in [3.63, 3.8) is 0 Å². The van der Waals surface area contributed by atoms with Crippen LogP contribution in [-0.2, 0) is 4.79 Å². The Labute approximate surface area is 99.4 Å². The maximum atomic E-state index is 11.4. The van der Waals surface area contributed by atoms with E-state index in [0.29, 0.717) is 5.75 Å². The van der Waals surface area contributed by atoms with Gasteiger partial charge in [-0.3, -0.25) is 0 Å². The average molecular weight is 237 g/mol. The maximum Gasteiger partial charge on any atom is 0.413 e. The predicted octanol–water partition coefficient (Wildman–Crippen LogP) is 1.88. The third-order valence-corrected chi connectivity index (χ3v) is 2.16. The fraction of sp³-hybridized carbons (Fsp3) is 0.333. The van der Waals surface area contributed by atoms with Crippen LogP contribution in [0.2, 0.25) is 0 Å². The molecule has 0 heterocycles. The number of carboxylic acids is 1. The minimum Gasteiger partial charge on any atom is -0.480 e. The first-order valence-electron chi connectivity index (χ1n) is 5.27. The van der Waals surface area contributed by atoms with Gasteiger partial charge in [-0.05, 0) is 18.1 Å². The summed E-state index contributed by atoms with van der Waals surface area (Å²) in [6, 6.07) is 7.51. The quantitative estimate of drug-likeness (QED) is 0.838. The molecule has 0 aliphatic heterocycles. The highest BCUT2D eigenvalue weighted by Crippen LogP contribution is 2.09. The molecule has 1 rings (SSSR count). The van der Waals surface area contributed by atoms with Crippen LogP contribution in [0.1, 0.15) is 13.8 Å². The third kappa shape index (κ3) is 4.14. The molecule has 0 aliphatic carbocycles. The second-order valence-electron chi connectivity index (χ2n) is 3.91. The Morgan fingerprint density at radius 2 is 1.82 bits per heavy atom. The van der Waals surface area contributed by atoms with Gasteiger partial charge in [0.1, 0.15) is 11.8 Å². The van der Waals surface area contributed by atoms with E-state index >= 15 is 0 Å². The molecule has 92 valence electrons. The van der Waals surface area contributed by atoms with Crippen molar-refractivity contribution in [2.24, 2.45) is 5.92 Å². The predicted molar refractivity (Wildman–Crippen MR) is 61.9 cm³/mol. The van der Waals surface area contributed by atoms with Crippen LogP contribution < -0.4 is 10.1 Å². The number of aliphatic carboxylic acids is 1. The smallest absolute Gasteiger partial charge is 0.413 e. The Balaban J connectivity index is 2.57. The lowest BCUT2D eigenvalue weighted by molar-refractivity contribution is -0.140. The van der Waals surface area contributed by atoms with Gasteiger partial charge in [0.2, 0.25) is 0 Å². The molecule has 5 nitrogen and oxygen atoms in total. The largest absolute Gasteiger partial charge is 0.480 e. The number of carboxylic acid groups (broad SMARTS) is 1. The SMILES string of the molecule is CC(C)[C@@H](NC(=O)Oc1ccccc1)C(=O)O.